The van der Waals surface area contributed by atoms with Crippen LogP contribution in [-0.4, -0.2) is 36.0 Å². The van der Waals surface area contributed by atoms with E-state index in [4.69, 9.17) is 11.6 Å². The molecule has 0 atom stereocenters. The Morgan fingerprint density at radius 2 is 1.14 bits per heavy atom. The molecule has 0 aliphatic heterocycles. The van der Waals surface area contributed by atoms with Crippen molar-refractivity contribution in [2.75, 3.05) is 14.1 Å². The van der Waals surface area contributed by atoms with Gasteiger partial charge >= 0.3 is 5.97 Å². The molecule has 0 aromatic heterocycles. The maximum atomic E-state index is 11.6. The lowest BCUT2D eigenvalue weighted by Gasteiger charge is -2.07. The fraction of sp³-hybridized carbons (Fsp3) is 0.864. The number of nitrogens with zero attached hydrogens (tertiary/aromatic N) is 2. The second kappa shape index (κ2) is 19.2. The Morgan fingerprint density at radius 3 is 1.54 bits per heavy atom. The molecule has 0 aliphatic carbocycles. The van der Waals surface area contributed by atoms with Crippen LogP contribution in [0.4, 0.5) is 0 Å². The van der Waals surface area contributed by atoms with Crippen LogP contribution < -0.4 is 0 Å². The van der Waals surface area contributed by atoms with E-state index in [-0.39, 0.29) is 5.17 Å². The van der Waals surface area contributed by atoms with Gasteiger partial charge in [0.15, 0.2) is 0 Å². The van der Waals surface area contributed by atoms with Crippen molar-refractivity contribution in [1.82, 2.24) is 4.90 Å². The van der Waals surface area contributed by atoms with Crippen LogP contribution >= 0.6 is 11.6 Å². The molecule has 6 heteroatoms. The number of hydrogen-bond acceptors (Lipinski definition) is 4. The summed E-state index contributed by atoms with van der Waals surface area (Å²) >= 11 is 5.65. The van der Waals surface area contributed by atoms with Gasteiger partial charge in [0.2, 0.25) is 5.17 Å². The smallest absolute Gasteiger partial charge is 0.335 e. The van der Waals surface area contributed by atoms with E-state index < -0.39 is 11.9 Å². The highest BCUT2D eigenvalue weighted by Gasteiger charge is 2.12. The zero-order chi connectivity index (χ0) is 21.0. The van der Waals surface area contributed by atoms with Gasteiger partial charge in [0.1, 0.15) is 0 Å². The molecule has 0 heterocycles. The molecule has 0 aliphatic rings. The number of unbranched alkanes of at least 4 members (excludes halogenated alkanes) is 14. The zero-order valence-electron chi connectivity index (χ0n) is 18.3. The molecular weight excluding hydrogens is 376 g/mol. The summed E-state index contributed by atoms with van der Waals surface area (Å²) in [7, 11) is 3.11. The summed E-state index contributed by atoms with van der Waals surface area (Å²) in [6.07, 6.45) is 19.6. The van der Waals surface area contributed by atoms with Gasteiger partial charge in [-0.2, -0.15) is 0 Å². The van der Waals surface area contributed by atoms with Gasteiger partial charge in [-0.1, -0.05) is 114 Å². The van der Waals surface area contributed by atoms with E-state index >= 15 is 0 Å². The first-order chi connectivity index (χ1) is 13.5. The highest BCUT2D eigenvalue weighted by Crippen LogP contribution is 2.13. The molecule has 0 rings (SSSR count). The topological polar surface area (TPSA) is 59.0 Å². The molecule has 0 fully saturated rings. The Kier molecular flexibility index (Phi) is 18.5. The first-order valence-electron chi connectivity index (χ1n) is 11.1. The third kappa shape index (κ3) is 17.0. The van der Waals surface area contributed by atoms with Crippen LogP contribution in [0.15, 0.2) is 5.16 Å². The highest BCUT2D eigenvalue weighted by molar-refractivity contribution is 6.82. The van der Waals surface area contributed by atoms with Crippen LogP contribution in [0.25, 0.3) is 0 Å². The van der Waals surface area contributed by atoms with E-state index in [1.54, 1.807) is 14.1 Å². The molecule has 0 aromatic carbocycles. The molecule has 0 aromatic rings. The number of hydrogen-bond donors (Lipinski definition) is 0. The van der Waals surface area contributed by atoms with E-state index in [9.17, 15) is 9.59 Å². The normalized spacial score (nSPS) is 11.5. The van der Waals surface area contributed by atoms with E-state index in [0.717, 1.165) is 19.3 Å². The monoisotopic (exact) mass is 416 g/mol. The molecule has 0 bridgehead atoms. The van der Waals surface area contributed by atoms with Crippen molar-refractivity contribution in [2.45, 2.75) is 110 Å². The molecule has 5 nitrogen and oxygen atoms in total. The Balaban J connectivity index is 3.38. The number of amides is 1. The average molecular weight is 417 g/mol. The van der Waals surface area contributed by atoms with Crippen molar-refractivity contribution < 1.29 is 14.4 Å². The number of halogens is 1. The number of carbonyl (C=O) groups excluding carboxylic acids is 2. The van der Waals surface area contributed by atoms with Gasteiger partial charge in [-0.25, -0.2) is 4.79 Å². The van der Waals surface area contributed by atoms with Crippen LogP contribution in [-0.2, 0) is 14.4 Å². The summed E-state index contributed by atoms with van der Waals surface area (Å²) in [5, 5.41) is 3.04. The summed E-state index contributed by atoms with van der Waals surface area (Å²) < 4.78 is 0. The molecule has 0 unspecified atom stereocenters. The lowest BCUT2D eigenvalue weighted by molar-refractivity contribution is -0.143. The Hall–Kier alpha value is -1.10. The molecule has 164 valence electrons. The number of carbonyl (C=O) groups is 2. The molecule has 0 saturated carbocycles. The number of rotatable bonds is 18. The van der Waals surface area contributed by atoms with Gasteiger partial charge in [-0.15, -0.1) is 0 Å². The maximum absolute atomic E-state index is 11.6. The maximum Gasteiger partial charge on any atom is 0.335 e. The molecule has 0 spiro atoms. The van der Waals surface area contributed by atoms with E-state index in [0.29, 0.717) is 6.42 Å². The van der Waals surface area contributed by atoms with Crippen molar-refractivity contribution in [1.29, 1.82) is 0 Å². The van der Waals surface area contributed by atoms with Gasteiger partial charge in [-0.05, 0) is 6.42 Å². The Morgan fingerprint density at radius 1 is 0.750 bits per heavy atom. The van der Waals surface area contributed by atoms with Gasteiger partial charge in [0.25, 0.3) is 5.91 Å². The van der Waals surface area contributed by atoms with Crippen molar-refractivity contribution >= 4 is 28.6 Å². The highest BCUT2D eigenvalue weighted by atomic mass is 35.5. The summed E-state index contributed by atoms with van der Waals surface area (Å²) in [5.74, 6) is -0.930. The summed E-state index contributed by atoms with van der Waals surface area (Å²) in [6, 6.07) is 0. The Labute approximate surface area is 177 Å². The van der Waals surface area contributed by atoms with Gasteiger partial charge in [0.05, 0.1) is 0 Å². The largest absolute Gasteiger partial charge is 0.343 e. The van der Waals surface area contributed by atoms with Gasteiger partial charge in [-0.3, -0.25) is 4.79 Å². The molecule has 1 amide bonds. The average Bonchev–Trinajstić information content (AvgIpc) is 2.68. The second-order valence-electron chi connectivity index (χ2n) is 7.74. The van der Waals surface area contributed by atoms with Gasteiger partial charge < -0.3 is 9.74 Å². The molecule has 0 saturated heterocycles. The first kappa shape index (κ1) is 26.9. The minimum atomic E-state index is -0.485. The van der Waals surface area contributed by atoms with Crippen molar-refractivity contribution in [3.05, 3.63) is 0 Å². The third-order valence-electron chi connectivity index (χ3n) is 4.79. The van der Waals surface area contributed by atoms with E-state index in [2.05, 4.69) is 16.9 Å². The second-order valence-corrected chi connectivity index (χ2v) is 8.10. The molecule has 28 heavy (non-hydrogen) atoms. The van der Waals surface area contributed by atoms with Crippen molar-refractivity contribution in [2.24, 2.45) is 5.16 Å². The lowest BCUT2D eigenvalue weighted by atomic mass is 10.0. The summed E-state index contributed by atoms with van der Waals surface area (Å²) in [4.78, 5) is 28.9. The fourth-order valence-corrected chi connectivity index (χ4v) is 3.20. The summed E-state index contributed by atoms with van der Waals surface area (Å²) in [6.45, 7) is 2.26. The predicted octanol–water partition coefficient (Wildman–Crippen LogP) is 6.43. The zero-order valence-corrected chi connectivity index (χ0v) is 19.1. The van der Waals surface area contributed by atoms with Crippen LogP contribution in [0.5, 0.6) is 0 Å². The fourth-order valence-electron chi connectivity index (χ4n) is 3.00. The quantitative estimate of drug-likeness (QED) is 0.112. The minimum Gasteiger partial charge on any atom is -0.343 e. The molecule has 0 N–H and O–H groups in total. The van der Waals surface area contributed by atoms with Gasteiger partial charge in [0, 0.05) is 20.5 Å². The van der Waals surface area contributed by atoms with Crippen molar-refractivity contribution in [3.63, 3.8) is 0 Å². The Bertz CT molecular complexity index is 439. The summed E-state index contributed by atoms with van der Waals surface area (Å²) in [5.41, 5.74) is 0. The number of oxime groups is 1. The van der Waals surface area contributed by atoms with Crippen LogP contribution in [0.2, 0.25) is 0 Å². The van der Waals surface area contributed by atoms with E-state index in [1.807, 2.05) is 0 Å². The lowest BCUT2D eigenvalue weighted by Crippen LogP contribution is -2.27. The SMILES string of the molecule is CCCCCCCCCCCCCCCCCC(=O)O/N=C(\Cl)C(=O)N(C)C. The molecule has 0 radical (unpaired) electrons. The van der Waals surface area contributed by atoms with Crippen LogP contribution in [0.3, 0.4) is 0 Å². The third-order valence-corrected chi connectivity index (χ3v) is 5.03. The minimum absolute atomic E-state index is 0.308. The van der Waals surface area contributed by atoms with Crippen LogP contribution in [0, 0.1) is 0 Å². The van der Waals surface area contributed by atoms with Crippen molar-refractivity contribution in [3.8, 4) is 0 Å². The van der Waals surface area contributed by atoms with E-state index in [1.165, 1.54) is 81.9 Å². The molecular formula is C22H41ClN2O3. The van der Waals surface area contributed by atoms with Crippen LogP contribution in [0.1, 0.15) is 110 Å². The standard InChI is InChI=1S/C22H41ClN2O3/c1-4-5-6-7-8-9-10-11-12-13-14-15-16-17-18-19-20(26)28-24-21(23)22(27)25(2)3/h4-19H2,1-3H3/b24-21-. The predicted molar refractivity (Wildman–Crippen MR) is 118 cm³/mol. The first-order valence-corrected chi connectivity index (χ1v) is 11.5.